The predicted octanol–water partition coefficient (Wildman–Crippen LogP) is 2.94. The van der Waals surface area contributed by atoms with Gasteiger partial charge in [0.15, 0.2) is 26.4 Å². The van der Waals surface area contributed by atoms with Crippen LogP contribution in [-0.4, -0.2) is 68.1 Å². The Hall–Kier alpha value is -2.26. The molecular formula is C24H34N4O4S. The molecule has 1 aromatic carbocycles. The molecule has 2 aliphatic heterocycles. The molecule has 180 valence electrons. The first-order valence-electron chi connectivity index (χ1n) is 12.0. The molecule has 3 aliphatic rings. The highest BCUT2D eigenvalue weighted by atomic mass is 32.2. The fraction of sp³-hybridized carbons (Fsp3) is 0.625. The number of benzene rings is 1. The number of nitrogens with zero attached hydrogens (tertiary/aromatic N) is 4. The van der Waals surface area contributed by atoms with Gasteiger partial charge in [0.2, 0.25) is 6.79 Å². The first-order chi connectivity index (χ1) is 16.0. The van der Waals surface area contributed by atoms with Crippen molar-refractivity contribution in [1.29, 1.82) is 0 Å². The molecule has 5 rings (SSSR count). The summed E-state index contributed by atoms with van der Waals surface area (Å²) in [6, 6.07) is 6.12. The Morgan fingerprint density at radius 1 is 1.03 bits per heavy atom. The maximum Gasteiger partial charge on any atom is 0.231 e. The Labute approximate surface area is 196 Å². The summed E-state index contributed by atoms with van der Waals surface area (Å²) in [5, 5.41) is 0.214. The van der Waals surface area contributed by atoms with E-state index in [2.05, 4.69) is 20.9 Å². The van der Waals surface area contributed by atoms with Gasteiger partial charge in [0.1, 0.15) is 0 Å². The van der Waals surface area contributed by atoms with Gasteiger partial charge < -0.3 is 18.9 Å². The lowest BCUT2D eigenvalue weighted by Gasteiger charge is -2.37. The molecule has 1 saturated carbocycles. The maximum atomic E-state index is 12.6. The van der Waals surface area contributed by atoms with Crippen LogP contribution >= 0.6 is 0 Å². The van der Waals surface area contributed by atoms with Crippen LogP contribution in [0, 0.1) is 11.8 Å². The number of hydrogen-bond donors (Lipinski definition) is 0. The molecule has 3 heterocycles. The first kappa shape index (κ1) is 22.5. The van der Waals surface area contributed by atoms with E-state index in [9.17, 15) is 8.42 Å². The lowest BCUT2D eigenvalue weighted by Crippen LogP contribution is -2.47. The Kier molecular flexibility index (Phi) is 6.51. The van der Waals surface area contributed by atoms with Crippen LogP contribution in [0.25, 0.3) is 0 Å². The molecule has 1 aromatic heterocycles. The third kappa shape index (κ3) is 5.14. The smallest absolute Gasteiger partial charge is 0.231 e. The van der Waals surface area contributed by atoms with Crippen LogP contribution in [0.3, 0.4) is 0 Å². The topological polar surface area (TPSA) is 76.9 Å². The van der Waals surface area contributed by atoms with Crippen molar-refractivity contribution in [2.75, 3.05) is 50.2 Å². The second-order valence-corrected chi connectivity index (χ2v) is 11.7. The van der Waals surface area contributed by atoms with Crippen molar-refractivity contribution in [2.45, 2.75) is 37.1 Å². The van der Waals surface area contributed by atoms with Crippen LogP contribution in [0.4, 0.5) is 5.69 Å². The fourth-order valence-corrected chi connectivity index (χ4v) is 7.03. The van der Waals surface area contributed by atoms with Gasteiger partial charge in [-0.1, -0.05) is 18.9 Å². The quantitative estimate of drug-likeness (QED) is 0.611. The van der Waals surface area contributed by atoms with Gasteiger partial charge in [0, 0.05) is 39.4 Å². The zero-order valence-electron chi connectivity index (χ0n) is 19.4. The molecule has 1 aliphatic carbocycles. The highest BCUT2D eigenvalue weighted by molar-refractivity contribution is 7.91. The van der Waals surface area contributed by atoms with Gasteiger partial charge in [-0.05, 0) is 49.8 Å². The normalized spacial score (nSPS) is 23.7. The van der Waals surface area contributed by atoms with E-state index in [4.69, 9.17) is 9.47 Å². The van der Waals surface area contributed by atoms with E-state index in [1.54, 1.807) is 24.1 Å². The number of hydrogen-bond acceptors (Lipinski definition) is 7. The molecule has 9 heteroatoms. The summed E-state index contributed by atoms with van der Waals surface area (Å²) in [4.78, 5) is 9.01. The highest BCUT2D eigenvalue weighted by Gasteiger charge is 2.29. The summed E-state index contributed by atoms with van der Waals surface area (Å²) in [7, 11) is -1.48. The Bertz CT molecular complexity index is 1050. The highest BCUT2D eigenvalue weighted by Crippen LogP contribution is 2.41. The van der Waals surface area contributed by atoms with Crippen LogP contribution in [0.1, 0.15) is 32.1 Å². The standard InChI is InChI=1S/C24H34N4O4S/c1-26-15-23(25-17-26)33(29,30)16-20-7-5-19(6-8-20)9-10-27-11-13-28(14-12-27)21-3-2-4-22-24(21)32-18-31-22/h2-4,15,17,19-20H,5-14,16,18H2,1H3. The summed E-state index contributed by atoms with van der Waals surface area (Å²) < 4.78 is 38.1. The molecule has 2 fully saturated rings. The van der Waals surface area contributed by atoms with Crippen molar-refractivity contribution >= 4 is 15.5 Å². The Morgan fingerprint density at radius 3 is 2.52 bits per heavy atom. The summed E-state index contributed by atoms with van der Waals surface area (Å²) in [5.41, 5.74) is 1.14. The lowest BCUT2D eigenvalue weighted by atomic mass is 9.81. The molecule has 0 N–H and O–H groups in total. The van der Waals surface area contributed by atoms with Crippen LogP contribution in [-0.2, 0) is 16.9 Å². The monoisotopic (exact) mass is 474 g/mol. The number of sulfone groups is 1. The van der Waals surface area contributed by atoms with Crippen molar-refractivity contribution in [3.8, 4) is 11.5 Å². The zero-order chi connectivity index (χ0) is 22.8. The summed E-state index contributed by atoms with van der Waals surface area (Å²) in [6.07, 6.45) is 8.64. The zero-order valence-corrected chi connectivity index (χ0v) is 20.2. The number of piperazine rings is 1. The van der Waals surface area contributed by atoms with Gasteiger partial charge in [0.25, 0.3) is 0 Å². The average molecular weight is 475 g/mol. The van der Waals surface area contributed by atoms with Crippen molar-refractivity contribution < 1.29 is 17.9 Å². The van der Waals surface area contributed by atoms with Crippen molar-refractivity contribution in [1.82, 2.24) is 14.5 Å². The number of imidazole rings is 1. The molecule has 33 heavy (non-hydrogen) atoms. The van der Waals surface area contributed by atoms with E-state index in [0.29, 0.717) is 12.7 Å². The summed E-state index contributed by atoms with van der Waals surface area (Å²) in [5.74, 6) is 2.93. The maximum absolute atomic E-state index is 12.6. The Balaban J connectivity index is 1.04. The Morgan fingerprint density at radius 2 is 1.79 bits per heavy atom. The van der Waals surface area contributed by atoms with Crippen LogP contribution in [0.15, 0.2) is 35.7 Å². The molecular weight excluding hydrogens is 440 g/mol. The molecule has 1 saturated heterocycles. The van der Waals surface area contributed by atoms with Crippen molar-refractivity contribution in [2.24, 2.45) is 18.9 Å². The van der Waals surface area contributed by atoms with E-state index in [1.807, 2.05) is 12.1 Å². The molecule has 0 atom stereocenters. The van der Waals surface area contributed by atoms with Gasteiger partial charge in [0.05, 0.1) is 17.8 Å². The minimum Gasteiger partial charge on any atom is -0.454 e. The second kappa shape index (κ2) is 9.54. The van der Waals surface area contributed by atoms with Crippen LogP contribution in [0.5, 0.6) is 11.5 Å². The third-order valence-corrected chi connectivity index (χ3v) is 9.12. The number of fused-ring (bicyclic) bond motifs is 1. The molecule has 2 aromatic rings. The van der Waals surface area contributed by atoms with Crippen molar-refractivity contribution in [3.63, 3.8) is 0 Å². The number of rotatable bonds is 7. The molecule has 0 spiro atoms. The number of aryl methyl sites for hydroxylation is 1. The molecule has 8 nitrogen and oxygen atoms in total. The SMILES string of the molecule is Cn1cnc(S(=O)(=O)CC2CCC(CCN3CCN(c4cccc5c4OCO5)CC3)CC2)c1. The minimum atomic E-state index is -3.28. The minimum absolute atomic E-state index is 0.214. The molecule has 0 amide bonds. The number of aromatic nitrogens is 2. The van der Waals surface area contributed by atoms with E-state index < -0.39 is 9.84 Å². The average Bonchev–Trinajstić information content (AvgIpc) is 3.48. The van der Waals surface area contributed by atoms with Crippen LogP contribution in [0.2, 0.25) is 0 Å². The number of para-hydroxylation sites is 1. The van der Waals surface area contributed by atoms with Gasteiger partial charge in [-0.15, -0.1) is 0 Å². The molecule has 0 radical (unpaired) electrons. The van der Waals surface area contributed by atoms with E-state index in [-0.39, 0.29) is 16.7 Å². The first-order valence-corrected chi connectivity index (χ1v) is 13.7. The van der Waals surface area contributed by atoms with E-state index in [1.165, 1.54) is 6.42 Å². The van der Waals surface area contributed by atoms with E-state index in [0.717, 1.165) is 75.6 Å². The van der Waals surface area contributed by atoms with E-state index >= 15 is 0 Å². The lowest BCUT2D eigenvalue weighted by molar-refractivity contribution is 0.173. The number of anilines is 1. The van der Waals surface area contributed by atoms with Gasteiger partial charge >= 0.3 is 0 Å². The van der Waals surface area contributed by atoms with Crippen molar-refractivity contribution in [3.05, 3.63) is 30.7 Å². The van der Waals surface area contributed by atoms with Gasteiger partial charge in [-0.2, -0.15) is 0 Å². The molecule has 0 unspecified atom stereocenters. The summed E-state index contributed by atoms with van der Waals surface area (Å²) in [6.45, 7) is 5.55. The summed E-state index contributed by atoms with van der Waals surface area (Å²) >= 11 is 0. The second-order valence-electron chi connectivity index (χ2n) is 9.67. The fourth-order valence-electron chi connectivity index (χ4n) is 5.37. The predicted molar refractivity (Wildman–Crippen MR) is 127 cm³/mol. The van der Waals surface area contributed by atoms with Crippen LogP contribution < -0.4 is 14.4 Å². The van der Waals surface area contributed by atoms with Gasteiger partial charge in [-0.25, -0.2) is 13.4 Å². The number of ether oxygens (including phenoxy) is 2. The third-order valence-electron chi connectivity index (χ3n) is 7.36. The van der Waals surface area contributed by atoms with Gasteiger partial charge in [-0.3, -0.25) is 4.90 Å². The largest absolute Gasteiger partial charge is 0.454 e. The molecule has 0 bridgehead atoms.